The number of carbonyl (C=O) groups is 1. The lowest BCUT2D eigenvalue weighted by atomic mass is 10.2. The number of ether oxygens (including phenoxy) is 1. The molecule has 0 aliphatic carbocycles. The monoisotopic (exact) mass is 243 g/mol. The molecule has 0 saturated carbocycles. The second-order valence-electron chi connectivity index (χ2n) is 3.76. The Bertz CT molecular complexity index is 526. The van der Waals surface area contributed by atoms with E-state index in [1.54, 1.807) is 30.6 Å². The van der Waals surface area contributed by atoms with Crippen molar-refractivity contribution in [1.29, 1.82) is 0 Å². The molecule has 1 heterocycles. The second-order valence-corrected chi connectivity index (χ2v) is 3.76. The predicted octanol–water partition coefficient (Wildman–Crippen LogP) is 2.40. The molecule has 0 fully saturated rings. The Hall–Kier alpha value is -2.36. The third kappa shape index (κ3) is 3.07. The minimum Gasteiger partial charge on any atom is -0.492 e. The summed E-state index contributed by atoms with van der Waals surface area (Å²) < 4.78 is 5.50. The van der Waals surface area contributed by atoms with Crippen molar-refractivity contribution in [1.82, 2.24) is 4.98 Å². The summed E-state index contributed by atoms with van der Waals surface area (Å²) in [7, 11) is 0. The zero-order chi connectivity index (χ0) is 12.8. The molecule has 0 radical (unpaired) electrons. The number of hydrogen-bond acceptors (Lipinski definition) is 3. The van der Waals surface area contributed by atoms with Gasteiger partial charge in [0.25, 0.3) is 0 Å². The summed E-state index contributed by atoms with van der Waals surface area (Å²) in [4.78, 5) is 14.9. The van der Waals surface area contributed by atoms with Gasteiger partial charge < -0.3 is 9.84 Å². The molecule has 4 nitrogen and oxygen atoms in total. The van der Waals surface area contributed by atoms with Crippen LogP contribution >= 0.6 is 0 Å². The molecule has 2 aromatic rings. The molecule has 18 heavy (non-hydrogen) atoms. The largest absolute Gasteiger partial charge is 0.492 e. The predicted molar refractivity (Wildman–Crippen MR) is 66.8 cm³/mol. The van der Waals surface area contributed by atoms with E-state index in [4.69, 9.17) is 9.84 Å². The molecule has 1 aromatic carbocycles. The Labute approximate surface area is 105 Å². The van der Waals surface area contributed by atoms with Crippen LogP contribution in [-0.4, -0.2) is 22.7 Å². The van der Waals surface area contributed by atoms with Crippen LogP contribution in [-0.2, 0) is 6.42 Å². The minimum absolute atomic E-state index is 0.187. The van der Waals surface area contributed by atoms with E-state index in [9.17, 15) is 4.79 Å². The van der Waals surface area contributed by atoms with Crippen molar-refractivity contribution in [3.8, 4) is 5.75 Å². The zero-order valence-corrected chi connectivity index (χ0v) is 9.74. The van der Waals surface area contributed by atoms with Gasteiger partial charge in [-0.15, -0.1) is 0 Å². The summed E-state index contributed by atoms with van der Waals surface area (Å²) in [6.07, 6.45) is 4.16. The van der Waals surface area contributed by atoms with Gasteiger partial charge in [-0.2, -0.15) is 0 Å². The molecule has 0 spiro atoms. The van der Waals surface area contributed by atoms with Crippen LogP contribution in [0.25, 0.3) is 0 Å². The fraction of sp³-hybridized carbons (Fsp3) is 0.143. The van der Waals surface area contributed by atoms with E-state index in [2.05, 4.69) is 4.98 Å². The fourth-order valence-electron chi connectivity index (χ4n) is 1.60. The van der Waals surface area contributed by atoms with Crippen LogP contribution in [0.3, 0.4) is 0 Å². The maximum atomic E-state index is 11.0. The van der Waals surface area contributed by atoms with Gasteiger partial charge in [0.15, 0.2) is 0 Å². The third-order valence-electron chi connectivity index (χ3n) is 2.52. The molecule has 4 heteroatoms. The highest BCUT2D eigenvalue weighted by Gasteiger charge is 2.09. The second kappa shape index (κ2) is 5.82. The number of aromatic carboxylic acids is 1. The topological polar surface area (TPSA) is 59.4 Å². The zero-order valence-electron chi connectivity index (χ0n) is 9.74. The average Bonchev–Trinajstić information content (AvgIpc) is 2.40. The third-order valence-corrected chi connectivity index (χ3v) is 2.52. The van der Waals surface area contributed by atoms with Gasteiger partial charge in [-0.3, -0.25) is 4.98 Å². The van der Waals surface area contributed by atoms with Gasteiger partial charge in [-0.25, -0.2) is 4.79 Å². The SMILES string of the molecule is O=C(O)c1ccccc1OCCc1ccncc1. The first-order valence-electron chi connectivity index (χ1n) is 5.61. The van der Waals surface area contributed by atoms with E-state index in [-0.39, 0.29) is 5.56 Å². The van der Waals surface area contributed by atoms with Gasteiger partial charge in [0, 0.05) is 18.8 Å². The van der Waals surface area contributed by atoms with Crippen molar-refractivity contribution in [2.45, 2.75) is 6.42 Å². The first-order valence-corrected chi connectivity index (χ1v) is 5.61. The Morgan fingerprint density at radius 2 is 1.89 bits per heavy atom. The lowest BCUT2D eigenvalue weighted by Gasteiger charge is -2.08. The minimum atomic E-state index is -0.977. The highest BCUT2D eigenvalue weighted by atomic mass is 16.5. The number of carboxylic acid groups (broad SMARTS) is 1. The van der Waals surface area contributed by atoms with Crippen LogP contribution in [0, 0.1) is 0 Å². The van der Waals surface area contributed by atoms with Gasteiger partial charge in [-0.1, -0.05) is 12.1 Å². The summed E-state index contributed by atoms with van der Waals surface area (Å²) in [5, 5.41) is 8.99. The van der Waals surface area contributed by atoms with Gasteiger partial charge in [0.2, 0.25) is 0 Å². The molecule has 0 amide bonds. The molecule has 2 rings (SSSR count). The lowest BCUT2D eigenvalue weighted by Crippen LogP contribution is -2.06. The average molecular weight is 243 g/mol. The normalized spacial score (nSPS) is 10.0. The number of benzene rings is 1. The van der Waals surface area contributed by atoms with Crippen molar-refractivity contribution in [2.24, 2.45) is 0 Å². The maximum Gasteiger partial charge on any atom is 0.339 e. The Morgan fingerprint density at radius 1 is 1.17 bits per heavy atom. The van der Waals surface area contributed by atoms with Crippen molar-refractivity contribution in [2.75, 3.05) is 6.61 Å². The van der Waals surface area contributed by atoms with Crippen molar-refractivity contribution >= 4 is 5.97 Å². The molecule has 1 N–H and O–H groups in total. The molecule has 0 unspecified atom stereocenters. The summed E-state index contributed by atoms with van der Waals surface area (Å²) in [5.41, 5.74) is 1.30. The molecular formula is C14H13NO3. The van der Waals surface area contributed by atoms with Crippen LogP contribution in [0.1, 0.15) is 15.9 Å². The number of nitrogens with zero attached hydrogens (tertiary/aromatic N) is 1. The number of aromatic nitrogens is 1. The highest BCUT2D eigenvalue weighted by Crippen LogP contribution is 2.17. The van der Waals surface area contributed by atoms with E-state index in [1.165, 1.54) is 6.07 Å². The van der Waals surface area contributed by atoms with Crippen molar-refractivity contribution in [3.63, 3.8) is 0 Å². The van der Waals surface area contributed by atoms with E-state index < -0.39 is 5.97 Å². The molecule has 0 bridgehead atoms. The smallest absolute Gasteiger partial charge is 0.339 e. The van der Waals surface area contributed by atoms with Crippen molar-refractivity contribution in [3.05, 3.63) is 59.9 Å². The molecule has 92 valence electrons. The molecule has 0 aliphatic rings. The number of pyridine rings is 1. The van der Waals surface area contributed by atoms with E-state index in [0.717, 1.165) is 12.0 Å². The van der Waals surface area contributed by atoms with Gasteiger partial charge in [-0.05, 0) is 29.8 Å². The molecule has 0 aliphatic heterocycles. The number of rotatable bonds is 5. The summed E-state index contributed by atoms with van der Waals surface area (Å²) >= 11 is 0. The summed E-state index contributed by atoms with van der Waals surface area (Å²) in [5.74, 6) is -0.575. The first kappa shape index (κ1) is 12.1. The fourth-order valence-corrected chi connectivity index (χ4v) is 1.60. The van der Waals surface area contributed by atoms with Gasteiger partial charge >= 0.3 is 5.97 Å². The van der Waals surface area contributed by atoms with E-state index in [0.29, 0.717) is 12.4 Å². The van der Waals surface area contributed by atoms with Crippen LogP contribution in [0.4, 0.5) is 0 Å². The first-order chi connectivity index (χ1) is 8.77. The number of hydrogen-bond donors (Lipinski definition) is 1. The standard InChI is InChI=1S/C14H13NO3/c16-14(17)12-3-1-2-4-13(12)18-10-7-11-5-8-15-9-6-11/h1-6,8-9H,7,10H2,(H,16,17). The van der Waals surface area contributed by atoms with Crippen molar-refractivity contribution < 1.29 is 14.6 Å². The Morgan fingerprint density at radius 3 is 2.61 bits per heavy atom. The van der Waals surface area contributed by atoms with Crippen LogP contribution in [0.5, 0.6) is 5.75 Å². The Kier molecular flexibility index (Phi) is 3.91. The molecular weight excluding hydrogens is 230 g/mol. The molecule has 0 saturated heterocycles. The lowest BCUT2D eigenvalue weighted by molar-refractivity contribution is 0.0692. The van der Waals surface area contributed by atoms with Gasteiger partial charge in [0.1, 0.15) is 11.3 Å². The van der Waals surface area contributed by atoms with Crippen LogP contribution in [0.2, 0.25) is 0 Å². The summed E-state index contributed by atoms with van der Waals surface area (Å²) in [6, 6.07) is 10.5. The molecule has 1 aromatic heterocycles. The van der Waals surface area contributed by atoms with Crippen LogP contribution < -0.4 is 4.74 Å². The number of carboxylic acids is 1. The van der Waals surface area contributed by atoms with E-state index >= 15 is 0 Å². The van der Waals surface area contributed by atoms with E-state index in [1.807, 2.05) is 12.1 Å². The quantitative estimate of drug-likeness (QED) is 0.876. The number of para-hydroxylation sites is 1. The van der Waals surface area contributed by atoms with Gasteiger partial charge in [0.05, 0.1) is 6.61 Å². The highest BCUT2D eigenvalue weighted by molar-refractivity contribution is 5.90. The maximum absolute atomic E-state index is 11.0. The Balaban J connectivity index is 1.97. The van der Waals surface area contributed by atoms with Crippen LogP contribution in [0.15, 0.2) is 48.8 Å². The molecule has 0 atom stereocenters. The summed E-state index contributed by atoms with van der Waals surface area (Å²) in [6.45, 7) is 0.439.